The van der Waals surface area contributed by atoms with Crippen molar-refractivity contribution in [2.75, 3.05) is 32.1 Å². The van der Waals surface area contributed by atoms with E-state index in [4.69, 9.17) is 0 Å². The molecule has 0 saturated carbocycles. The predicted octanol–water partition coefficient (Wildman–Crippen LogP) is 1.20. The van der Waals surface area contributed by atoms with Crippen molar-refractivity contribution in [1.82, 2.24) is 4.90 Å². The van der Waals surface area contributed by atoms with Gasteiger partial charge in [-0.05, 0) is 44.9 Å². The van der Waals surface area contributed by atoms with E-state index in [1.807, 2.05) is 11.8 Å². The van der Waals surface area contributed by atoms with Crippen LogP contribution in [0.25, 0.3) is 0 Å². The lowest BCUT2D eigenvalue weighted by Crippen LogP contribution is -2.36. The molecule has 1 aliphatic rings. The van der Waals surface area contributed by atoms with Crippen molar-refractivity contribution in [1.29, 1.82) is 0 Å². The van der Waals surface area contributed by atoms with Crippen molar-refractivity contribution in [3.05, 3.63) is 0 Å². The summed E-state index contributed by atoms with van der Waals surface area (Å²) in [6.07, 6.45) is 2.89. The van der Waals surface area contributed by atoms with Crippen LogP contribution < -0.4 is 0 Å². The molecule has 72 valence electrons. The molecule has 0 radical (unpaired) electrons. The average Bonchev–Trinajstić information content (AvgIpc) is 2.03. The van der Waals surface area contributed by atoms with Crippen molar-refractivity contribution < 1.29 is 5.11 Å². The van der Waals surface area contributed by atoms with Crippen molar-refractivity contribution >= 4 is 11.8 Å². The fourth-order valence-corrected chi connectivity index (χ4v) is 2.69. The monoisotopic (exact) mass is 189 g/mol. The number of rotatable bonds is 3. The van der Waals surface area contributed by atoms with Gasteiger partial charge in [0.05, 0.1) is 5.60 Å². The fourth-order valence-electron chi connectivity index (χ4n) is 1.43. The van der Waals surface area contributed by atoms with Gasteiger partial charge in [-0.3, -0.25) is 0 Å². The molecule has 2 nitrogen and oxygen atoms in total. The lowest BCUT2D eigenvalue weighted by molar-refractivity contribution is 0.0174. The molecule has 1 heterocycles. The van der Waals surface area contributed by atoms with Gasteiger partial charge >= 0.3 is 0 Å². The number of hydrogen-bond donors (Lipinski definition) is 1. The predicted molar refractivity (Wildman–Crippen MR) is 54.7 cm³/mol. The van der Waals surface area contributed by atoms with Crippen LogP contribution in [-0.2, 0) is 0 Å². The minimum atomic E-state index is -0.352. The molecule has 0 amide bonds. The molecule has 0 unspecified atom stereocenters. The van der Waals surface area contributed by atoms with Crippen molar-refractivity contribution in [3.63, 3.8) is 0 Å². The summed E-state index contributed by atoms with van der Waals surface area (Å²) in [5.41, 5.74) is -0.352. The van der Waals surface area contributed by atoms with Gasteiger partial charge in [-0.1, -0.05) is 0 Å². The van der Waals surface area contributed by atoms with Crippen LogP contribution in [0.5, 0.6) is 0 Å². The van der Waals surface area contributed by atoms with Crippen LogP contribution in [-0.4, -0.2) is 47.8 Å². The Hall–Kier alpha value is 0.270. The fraction of sp³-hybridized carbons (Fsp3) is 1.00. The molecule has 0 aliphatic carbocycles. The molecule has 1 rings (SSSR count). The van der Waals surface area contributed by atoms with Crippen molar-refractivity contribution in [3.8, 4) is 0 Å². The second kappa shape index (κ2) is 4.49. The molecule has 1 saturated heterocycles. The highest BCUT2D eigenvalue weighted by molar-refractivity contribution is 7.99. The Kier molecular flexibility index (Phi) is 3.87. The second-order valence-corrected chi connectivity index (χ2v) is 5.11. The summed E-state index contributed by atoms with van der Waals surface area (Å²) in [6.45, 7) is 1.00. The molecule has 0 bridgehead atoms. The maximum absolute atomic E-state index is 10.1. The van der Waals surface area contributed by atoms with Gasteiger partial charge in [0.15, 0.2) is 0 Å². The molecule has 0 aromatic carbocycles. The van der Waals surface area contributed by atoms with Gasteiger partial charge in [0.1, 0.15) is 0 Å². The van der Waals surface area contributed by atoms with Gasteiger partial charge in [-0.15, -0.1) is 0 Å². The molecule has 1 fully saturated rings. The molecular formula is C9H19NOS. The zero-order valence-corrected chi connectivity index (χ0v) is 8.86. The first-order valence-electron chi connectivity index (χ1n) is 4.57. The Bertz CT molecular complexity index is 132. The minimum Gasteiger partial charge on any atom is -0.390 e. The molecule has 0 spiro atoms. The smallest absolute Gasteiger partial charge is 0.0675 e. The van der Waals surface area contributed by atoms with Crippen LogP contribution in [0, 0.1) is 0 Å². The summed E-state index contributed by atoms with van der Waals surface area (Å²) in [5, 5.41) is 10.1. The molecule has 0 aromatic heterocycles. The third-order valence-electron chi connectivity index (χ3n) is 2.45. The first kappa shape index (κ1) is 10.4. The van der Waals surface area contributed by atoms with Crippen LogP contribution in [0.2, 0.25) is 0 Å². The third-order valence-corrected chi connectivity index (χ3v) is 3.43. The molecule has 0 aromatic rings. The number of thioether (sulfide) groups is 1. The Morgan fingerprint density at radius 2 is 1.92 bits per heavy atom. The topological polar surface area (TPSA) is 23.5 Å². The molecular weight excluding hydrogens is 170 g/mol. The normalized spacial score (nSPS) is 23.0. The Morgan fingerprint density at radius 3 is 2.42 bits per heavy atom. The number of aliphatic hydroxyl groups is 1. The summed E-state index contributed by atoms with van der Waals surface area (Å²) < 4.78 is 0. The zero-order valence-electron chi connectivity index (χ0n) is 8.05. The first-order chi connectivity index (χ1) is 5.62. The van der Waals surface area contributed by atoms with E-state index in [1.54, 1.807) is 0 Å². The lowest BCUT2D eigenvalue weighted by atomic mass is 9.93. The minimum absolute atomic E-state index is 0.352. The van der Waals surface area contributed by atoms with Gasteiger partial charge < -0.3 is 10.0 Å². The summed E-state index contributed by atoms with van der Waals surface area (Å²) in [5.74, 6) is 2.26. The second-order valence-electron chi connectivity index (χ2n) is 3.89. The van der Waals surface area contributed by atoms with E-state index in [0.29, 0.717) is 0 Å². The van der Waals surface area contributed by atoms with E-state index in [-0.39, 0.29) is 5.60 Å². The van der Waals surface area contributed by atoms with Crippen LogP contribution in [0.4, 0.5) is 0 Å². The van der Waals surface area contributed by atoms with Crippen molar-refractivity contribution in [2.45, 2.75) is 24.9 Å². The van der Waals surface area contributed by atoms with Crippen LogP contribution in [0.1, 0.15) is 19.3 Å². The summed E-state index contributed by atoms with van der Waals surface area (Å²) >= 11 is 1.96. The van der Waals surface area contributed by atoms with Gasteiger partial charge in [-0.25, -0.2) is 0 Å². The SMILES string of the molecule is CN(C)CCC1(O)CCSCC1. The number of hydrogen-bond acceptors (Lipinski definition) is 3. The molecule has 1 N–H and O–H groups in total. The molecule has 1 aliphatic heterocycles. The Morgan fingerprint density at radius 1 is 1.33 bits per heavy atom. The van der Waals surface area contributed by atoms with E-state index in [0.717, 1.165) is 37.3 Å². The molecule has 0 atom stereocenters. The van der Waals surface area contributed by atoms with E-state index in [2.05, 4.69) is 19.0 Å². The van der Waals surface area contributed by atoms with Crippen LogP contribution in [0.3, 0.4) is 0 Å². The Labute approximate surface area is 79.3 Å². The van der Waals surface area contributed by atoms with E-state index >= 15 is 0 Å². The van der Waals surface area contributed by atoms with E-state index in [1.165, 1.54) is 0 Å². The standard InChI is InChI=1S/C9H19NOS/c1-10(2)6-3-9(11)4-7-12-8-5-9/h11H,3-8H2,1-2H3. The summed E-state index contributed by atoms with van der Waals surface area (Å²) in [4.78, 5) is 2.14. The maximum atomic E-state index is 10.1. The largest absolute Gasteiger partial charge is 0.390 e. The summed E-state index contributed by atoms with van der Waals surface area (Å²) in [6, 6.07) is 0. The highest BCUT2D eigenvalue weighted by atomic mass is 32.2. The maximum Gasteiger partial charge on any atom is 0.0675 e. The third kappa shape index (κ3) is 3.33. The lowest BCUT2D eigenvalue weighted by Gasteiger charge is -2.32. The van der Waals surface area contributed by atoms with Gasteiger partial charge in [0, 0.05) is 6.54 Å². The van der Waals surface area contributed by atoms with Gasteiger partial charge in [-0.2, -0.15) is 11.8 Å². The van der Waals surface area contributed by atoms with Gasteiger partial charge in [0.2, 0.25) is 0 Å². The first-order valence-corrected chi connectivity index (χ1v) is 5.73. The van der Waals surface area contributed by atoms with Crippen LogP contribution in [0.15, 0.2) is 0 Å². The molecule has 3 heteroatoms. The number of nitrogens with zero attached hydrogens (tertiary/aromatic N) is 1. The average molecular weight is 189 g/mol. The van der Waals surface area contributed by atoms with Crippen LogP contribution >= 0.6 is 11.8 Å². The highest BCUT2D eigenvalue weighted by Crippen LogP contribution is 2.29. The Balaban J connectivity index is 2.26. The van der Waals surface area contributed by atoms with Crippen molar-refractivity contribution in [2.24, 2.45) is 0 Å². The van der Waals surface area contributed by atoms with E-state index < -0.39 is 0 Å². The summed E-state index contributed by atoms with van der Waals surface area (Å²) in [7, 11) is 4.11. The molecule has 12 heavy (non-hydrogen) atoms. The zero-order chi connectivity index (χ0) is 9.03. The van der Waals surface area contributed by atoms with E-state index in [9.17, 15) is 5.11 Å². The quantitative estimate of drug-likeness (QED) is 0.721. The highest BCUT2D eigenvalue weighted by Gasteiger charge is 2.28. The van der Waals surface area contributed by atoms with Gasteiger partial charge in [0.25, 0.3) is 0 Å².